The van der Waals surface area contributed by atoms with Crippen molar-refractivity contribution in [2.24, 2.45) is 0 Å². The van der Waals surface area contributed by atoms with Crippen molar-refractivity contribution in [3.05, 3.63) is 56.2 Å². The van der Waals surface area contributed by atoms with Crippen LogP contribution in [0.3, 0.4) is 0 Å². The summed E-state index contributed by atoms with van der Waals surface area (Å²) in [6, 6.07) is 7.87. The Hall–Kier alpha value is -1.40. The molecule has 0 aliphatic rings. The molecule has 0 aliphatic heterocycles. The van der Waals surface area contributed by atoms with Gasteiger partial charge in [0.05, 0.1) is 18.4 Å². The fraction of sp³-hybridized carbons (Fsp3) is 0.133. The average molecular weight is 417 g/mol. The molecule has 1 amide bonds. The Balaban J connectivity index is 2.36. The minimum Gasteiger partial charge on any atom is -0.495 e. The van der Waals surface area contributed by atoms with Crippen LogP contribution in [0.25, 0.3) is 0 Å². The fourth-order valence-corrected chi connectivity index (χ4v) is 2.77. The summed E-state index contributed by atoms with van der Waals surface area (Å²) >= 11 is 6.52. The van der Waals surface area contributed by atoms with E-state index in [9.17, 15) is 9.18 Å². The number of hydrogen-bond donors (Lipinski definition) is 1. The highest BCUT2D eigenvalue weighted by atomic mass is 79.9. The number of methoxy groups -OCH3 is 1. The van der Waals surface area contributed by atoms with Gasteiger partial charge >= 0.3 is 0 Å². The van der Waals surface area contributed by atoms with Crippen LogP contribution < -0.4 is 10.1 Å². The number of benzene rings is 2. The van der Waals surface area contributed by atoms with Crippen molar-refractivity contribution in [3.8, 4) is 5.75 Å². The van der Waals surface area contributed by atoms with Gasteiger partial charge in [0.25, 0.3) is 5.91 Å². The maximum Gasteiger partial charge on any atom is 0.258 e. The van der Waals surface area contributed by atoms with Gasteiger partial charge in [0.1, 0.15) is 11.6 Å². The molecule has 1 N–H and O–H groups in total. The second-order valence-electron chi connectivity index (χ2n) is 4.38. The van der Waals surface area contributed by atoms with Crippen molar-refractivity contribution in [2.45, 2.75) is 6.92 Å². The first-order valence-corrected chi connectivity index (χ1v) is 7.61. The van der Waals surface area contributed by atoms with Gasteiger partial charge in [0.2, 0.25) is 0 Å². The molecule has 2 aromatic carbocycles. The summed E-state index contributed by atoms with van der Waals surface area (Å²) in [4.78, 5) is 12.2. The zero-order chi connectivity index (χ0) is 15.6. The summed E-state index contributed by atoms with van der Waals surface area (Å²) in [5.41, 5.74) is 1.31. The van der Waals surface area contributed by atoms with E-state index in [2.05, 4.69) is 37.2 Å². The van der Waals surface area contributed by atoms with Crippen molar-refractivity contribution in [2.75, 3.05) is 12.4 Å². The first-order valence-electron chi connectivity index (χ1n) is 6.03. The SMILES string of the molecule is COc1cc(Br)cc(C)c1NC(=O)c1ccc(Br)cc1F. The van der Waals surface area contributed by atoms with Gasteiger partial charge in [-0.3, -0.25) is 4.79 Å². The Bertz CT molecular complexity index is 704. The van der Waals surface area contributed by atoms with Crippen LogP contribution in [0.4, 0.5) is 10.1 Å². The maximum atomic E-state index is 13.8. The summed E-state index contributed by atoms with van der Waals surface area (Å²) in [6.45, 7) is 1.83. The molecule has 3 nitrogen and oxygen atoms in total. The second kappa shape index (κ2) is 6.58. The number of halogens is 3. The van der Waals surface area contributed by atoms with Gasteiger partial charge in [-0.2, -0.15) is 0 Å². The normalized spacial score (nSPS) is 10.3. The van der Waals surface area contributed by atoms with Crippen LogP contribution in [0.1, 0.15) is 15.9 Å². The monoisotopic (exact) mass is 415 g/mol. The highest BCUT2D eigenvalue weighted by molar-refractivity contribution is 9.10. The smallest absolute Gasteiger partial charge is 0.258 e. The van der Waals surface area contributed by atoms with E-state index in [1.807, 2.05) is 13.0 Å². The molecule has 0 bridgehead atoms. The highest BCUT2D eigenvalue weighted by Gasteiger charge is 2.16. The number of ether oxygens (including phenoxy) is 1. The number of rotatable bonds is 3. The van der Waals surface area contributed by atoms with Crippen molar-refractivity contribution >= 4 is 43.5 Å². The lowest BCUT2D eigenvalue weighted by molar-refractivity contribution is 0.102. The number of anilines is 1. The molecular weight excluding hydrogens is 405 g/mol. The van der Waals surface area contributed by atoms with Crippen LogP contribution >= 0.6 is 31.9 Å². The van der Waals surface area contributed by atoms with E-state index in [1.54, 1.807) is 12.1 Å². The Kier molecular flexibility index (Phi) is 5.00. The van der Waals surface area contributed by atoms with E-state index in [1.165, 1.54) is 19.2 Å². The molecule has 0 saturated carbocycles. The fourth-order valence-electron chi connectivity index (χ4n) is 1.89. The number of hydrogen-bond acceptors (Lipinski definition) is 2. The topological polar surface area (TPSA) is 38.3 Å². The molecule has 0 spiro atoms. The van der Waals surface area contributed by atoms with E-state index >= 15 is 0 Å². The minimum absolute atomic E-state index is 0.0254. The first kappa shape index (κ1) is 16.0. The quantitative estimate of drug-likeness (QED) is 0.771. The molecule has 2 aromatic rings. The molecule has 0 saturated heterocycles. The third kappa shape index (κ3) is 3.63. The molecule has 0 unspecified atom stereocenters. The van der Waals surface area contributed by atoms with E-state index in [0.29, 0.717) is 15.9 Å². The predicted octanol–water partition coefficient (Wildman–Crippen LogP) is 4.92. The molecule has 6 heteroatoms. The summed E-state index contributed by atoms with van der Waals surface area (Å²) < 4.78 is 20.5. The molecule has 0 aliphatic carbocycles. The molecule has 2 rings (SSSR count). The Morgan fingerprint density at radius 1 is 1.19 bits per heavy atom. The average Bonchev–Trinajstić information content (AvgIpc) is 2.41. The lowest BCUT2D eigenvalue weighted by atomic mass is 10.1. The summed E-state index contributed by atoms with van der Waals surface area (Å²) in [6.07, 6.45) is 0. The Morgan fingerprint density at radius 3 is 2.52 bits per heavy atom. The van der Waals surface area contributed by atoms with E-state index < -0.39 is 11.7 Å². The molecule has 0 aromatic heterocycles. The van der Waals surface area contributed by atoms with Crippen LogP contribution in [0.5, 0.6) is 5.75 Å². The van der Waals surface area contributed by atoms with Crippen molar-refractivity contribution in [3.63, 3.8) is 0 Å². The molecule has 0 atom stereocenters. The van der Waals surface area contributed by atoms with Crippen LogP contribution in [0.15, 0.2) is 39.3 Å². The number of nitrogens with one attached hydrogen (secondary N) is 1. The third-order valence-electron chi connectivity index (χ3n) is 2.90. The standard InChI is InChI=1S/C15H12Br2FNO2/c1-8-5-10(17)7-13(21-2)14(8)19-15(20)11-4-3-9(16)6-12(11)18/h3-7H,1-2H3,(H,19,20). The van der Waals surface area contributed by atoms with E-state index in [-0.39, 0.29) is 5.56 Å². The summed E-state index contributed by atoms with van der Waals surface area (Å²) in [7, 11) is 1.51. The van der Waals surface area contributed by atoms with Crippen LogP contribution in [-0.2, 0) is 0 Å². The summed E-state index contributed by atoms with van der Waals surface area (Å²) in [5.74, 6) is -0.605. The lowest BCUT2D eigenvalue weighted by Crippen LogP contribution is -2.15. The Labute approximate surface area is 138 Å². The molecular formula is C15H12Br2FNO2. The number of aryl methyl sites for hydroxylation is 1. The van der Waals surface area contributed by atoms with Gasteiger partial charge in [-0.25, -0.2) is 4.39 Å². The van der Waals surface area contributed by atoms with Gasteiger partial charge in [0.15, 0.2) is 0 Å². The second-order valence-corrected chi connectivity index (χ2v) is 6.21. The molecule has 21 heavy (non-hydrogen) atoms. The number of amides is 1. The van der Waals surface area contributed by atoms with Gasteiger partial charge in [-0.1, -0.05) is 31.9 Å². The largest absolute Gasteiger partial charge is 0.495 e. The van der Waals surface area contributed by atoms with Crippen molar-refractivity contribution in [1.82, 2.24) is 0 Å². The minimum atomic E-state index is -0.587. The molecule has 110 valence electrons. The first-order chi connectivity index (χ1) is 9.92. The van der Waals surface area contributed by atoms with Gasteiger partial charge in [-0.15, -0.1) is 0 Å². The number of carbonyl (C=O) groups is 1. The highest BCUT2D eigenvalue weighted by Crippen LogP contribution is 2.32. The third-order valence-corrected chi connectivity index (χ3v) is 3.85. The Morgan fingerprint density at radius 2 is 1.90 bits per heavy atom. The van der Waals surface area contributed by atoms with Crippen molar-refractivity contribution in [1.29, 1.82) is 0 Å². The lowest BCUT2D eigenvalue weighted by Gasteiger charge is -2.14. The van der Waals surface area contributed by atoms with Crippen molar-refractivity contribution < 1.29 is 13.9 Å². The molecule has 0 radical (unpaired) electrons. The van der Waals surface area contributed by atoms with E-state index in [0.717, 1.165) is 10.0 Å². The van der Waals surface area contributed by atoms with Gasteiger partial charge in [-0.05, 0) is 42.8 Å². The number of carbonyl (C=O) groups excluding carboxylic acids is 1. The molecule has 0 fully saturated rings. The van der Waals surface area contributed by atoms with Crippen LogP contribution in [0.2, 0.25) is 0 Å². The zero-order valence-corrected chi connectivity index (χ0v) is 14.5. The molecule has 0 heterocycles. The predicted molar refractivity (Wildman–Crippen MR) is 87.5 cm³/mol. The van der Waals surface area contributed by atoms with Crippen LogP contribution in [-0.4, -0.2) is 13.0 Å². The van der Waals surface area contributed by atoms with Crippen LogP contribution in [0, 0.1) is 12.7 Å². The van der Waals surface area contributed by atoms with Gasteiger partial charge < -0.3 is 10.1 Å². The van der Waals surface area contributed by atoms with E-state index in [4.69, 9.17) is 4.74 Å². The van der Waals surface area contributed by atoms with Gasteiger partial charge in [0, 0.05) is 8.95 Å². The maximum absolute atomic E-state index is 13.8. The summed E-state index contributed by atoms with van der Waals surface area (Å²) in [5, 5.41) is 2.69. The zero-order valence-electron chi connectivity index (χ0n) is 11.3.